The van der Waals surface area contributed by atoms with Crippen molar-refractivity contribution in [2.24, 2.45) is 0 Å². The highest BCUT2D eigenvalue weighted by atomic mass is 35.5. The largest absolute Gasteiger partial charge is 0.366 e. The van der Waals surface area contributed by atoms with Crippen molar-refractivity contribution in [2.75, 3.05) is 24.5 Å². The van der Waals surface area contributed by atoms with E-state index in [1.165, 1.54) is 10.0 Å². The van der Waals surface area contributed by atoms with Gasteiger partial charge in [-0.3, -0.25) is 4.98 Å². The van der Waals surface area contributed by atoms with Crippen molar-refractivity contribution in [3.63, 3.8) is 0 Å². The first-order chi connectivity index (χ1) is 13.0. The summed E-state index contributed by atoms with van der Waals surface area (Å²) in [5.74, 6) is 0. The summed E-state index contributed by atoms with van der Waals surface area (Å²) in [6.45, 7) is 4.64. The van der Waals surface area contributed by atoms with Crippen LogP contribution >= 0.6 is 11.6 Å². The van der Waals surface area contributed by atoms with Gasteiger partial charge in [-0.05, 0) is 36.8 Å². The number of rotatable bonds is 4. The summed E-state index contributed by atoms with van der Waals surface area (Å²) in [6, 6.07) is 10.2. The monoisotopic (exact) mass is 404 g/mol. The average molecular weight is 405 g/mol. The van der Waals surface area contributed by atoms with Crippen LogP contribution in [0.15, 0.2) is 53.7 Å². The van der Waals surface area contributed by atoms with Gasteiger partial charge < -0.3 is 10.2 Å². The minimum absolute atomic E-state index is 0.161. The first-order valence-corrected chi connectivity index (χ1v) is 10.8. The second kappa shape index (κ2) is 7.14. The lowest BCUT2D eigenvalue weighted by atomic mass is 10.1. The molecule has 1 fully saturated rings. The summed E-state index contributed by atoms with van der Waals surface area (Å²) < 4.78 is 27.8. The second-order valence-electron chi connectivity index (χ2n) is 6.65. The predicted molar refractivity (Wildman–Crippen MR) is 108 cm³/mol. The van der Waals surface area contributed by atoms with E-state index >= 15 is 0 Å². The van der Waals surface area contributed by atoms with E-state index < -0.39 is 10.0 Å². The lowest BCUT2D eigenvalue weighted by Crippen LogP contribution is -2.50. The number of hydrogen-bond donors (Lipinski definition) is 1. The summed E-state index contributed by atoms with van der Waals surface area (Å²) in [4.78, 5) is 6.85. The molecule has 3 heterocycles. The lowest BCUT2D eigenvalue weighted by Gasteiger charge is -2.34. The zero-order chi connectivity index (χ0) is 19.0. The van der Waals surface area contributed by atoms with Gasteiger partial charge in [0.1, 0.15) is 5.52 Å². The van der Waals surface area contributed by atoms with E-state index in [0.717, 1.165) is 31.7 Å². The topological polar surface area (TPSA) is 67.2 Å². The van der Waals surface area contributed by atoms with Crippen molar-refractivity contribution >= 4 is 38.3 Å². The fraction of sp³-hybridized carbons (Fsp3) is 0.316. The zero-order valence-electron chi connectivity index (χ0n) is 15.0. The maximum absolute atomic E-state index is 13.3. The van der Waals surface area contributed by atoms with E-state index in [9.17, 15) is 8.42 Å². The first-order valence-electron chi connectivity index (χ1n) is 8.96. The maximum Gasteiger partial charge on any atom is 0.268 e. The van der Waals surface area contributed by atoms with E-state index in [1.807, 2.05) is 0 Å². The van der Waals surface area contributed by atoms with Gasteiger partial charge in [-0.1, -0.05) is 24.6 Å². The molecule has 0 amide bonds. The van der Waals surface area contributed by atoms with Gasteiger partial charge in [0.05, 0.1) is 16.1 Å². The van der Waals surface area contributed by atoms with Gasteiger partial charge in [-0.15, -0.1) is 0 Å². The molecule has 0 saturated carbocycles. The Morgan fingerprint density at radius 1 is 1.30 bits per heavy atom. The molecule has 1 aromatic carbocycles. The number of piperazine rings is 1. The Bertz CT molecular complexity index is 1080. The van der Waals surface area contributed by atoms with Crippen LogP contribution in [0, 0.1) is 0 Å². The van der Waals surface area contributed by atoms with Gasteiger partial charge in [-0.25, -0.2) is 12.4 Å². The molecule has 4 rings (SSSR count). The maximum atomic E-state index is 13.3. The molecule has 2 aromatic heterocycles. The van der Waals surface area contributed by atoms with E-state index in [4.69, 9.17) is 11.6 Å². The number of anilines is 1. The zero-order valence-corrected chi connectivity index (χ0v) is 16.5. The summed E-state index contributed by atoms with van der Waals surface area (Å²) in [5.41, 5.74) is 2.11. The van der Waals surface area contributed by atoms with Crippen molar-refractivity contribution < 1.29 is 8.42 Å². The third-order valence-electron chi connectivity index (χ3n) is 4.95. The molecule has 1 N–H and O–H groups in total. The van der Waals surface area contributed by atoms with E-state index in [1.54, 1.807) is 42.7 Å². The number of hydrogen-bond acceptors (Lipinski definition) is 5. The normalized spacial score (nSPS) is 18.1. The smallest absolute Gasteiger partial charge is 0.268 e. The molecule has 0 bridgehead atoms. The van der Waals surface area contributed by atoms with Crippen LogP contribution in [0.3, 0.4) is 0 Å². The van der Waals surface area contributed by atoms with Crippen LogP contribution in [0.2, 0.25) is 5.02 Å². The van der Waals surface area contributed by atoms with Crippen molar-refractivity contribution in [2.45, 2.75) is 24.3 Å². The molecule has 0 unspecified atom stereocenters. The molecule has 1 atom stereocenters. The molecule has 6 nitrogen and oxygen atoms in total. The van der Waals surface area contributed by atoms with Crippen LogP contribution in [0.4, 0.5) is 5.69 Å². The van der Waals surface area contributed by atoms with Gasteiger partial charge in [0.2, 0.25) is 0 Å². The Morgan fingerprint density at radius 2 is 2.15 bits per heavy atom. The highest BCUT2D eigenvalue weighted by Crippen LogP contribution is 2.31. The number of fused-ring (bicyclic) bond motifs is 1. The number of halogens is 1. The van der Waals surface area contributed by atoms with Crippen LogP contribution in [-0.2, 0) is 10.0 Å². The van der Waals surface area contributed by atoms with Crippen LogP contribution in [0.25, 0.3) is 11.0 Å². The first kappa shape index (κ1) is 18.3. The Morgan fingerprint density at radius 3 is 2.93 bits per heavy atom. The van der Waals surface area contributed by atoms with E-state index in [-0.39, 0.29) is 4.90 Å². The standard InChI is InChI=1S/C19H21ClN4O2S/c1-2-15-12-23(10-9-21-15)18-13-24(17-7-4-8-22-19(17)18)27(25,26)16-6-3-5-14(20)11-16/h3-8,11,13,15,21H,2,9-10,12H2,1H3/t15-/m1/s1. The number of nitrogens with zero attached hydrogens (tertiary/aromatic N) is 3. The second-order valence-corrected chi connectivity index (χ2v) is 8.90. The van der Waals surface area contributed by atoms with Gasteiger partial charge in [-0.2, -0.15) is 0 Å². The van der Waals surface area contributed by atoms with Gasteiger partial charge in [0.15, 0.2) is 0 Å². The fourth-order valence-electron chi connectivity index (χ4n) is 3.50. The van der Waals surface area contributed by atoms with Gasteiger partial charge in [0.25, 0.3) is 10.0 Å². The lowest BCUT2D eigenvalue weighted by molar-refractivity contribution is 0.447. The quantitative estimate of drug-likeness (QED) is 0.723. The Balaban J connectivity index is 1.85. The summed E-state index contributed by atoms with van der Waals surface area (Å²) in [6.07, 6.45) is 4.40. The Labute approximate surface area is 163 Å². The van der Waals surface area contributed by atoms with Gasteiger partial charge >= 0.3 is 0 Å². The molecule has 3 aromatic rings. The molecule has 0 aliphatic carbocycles. The van der Waals surface area contributed by atoms with Crippen molar-refractivity contribution in [1.29, 1.82) is 0 Å². The minimum atomic E-state index is -3.78. The molecule has 1 aliphatic heterocycles. The SMILES string of the molecule is CC[C@@H]1CN(c2cn(S(=O)(=O)c3cccc(Cl)c3)c3cccnc23)CCN1. The molecule has 142 valence electrons. The number of nitrogens with one attached hydrogen (secondary N) is 1. The van der Waals surface area contributed by atoms with Crippen molar-refractivity contribution in [3.8, 4) is 0 Å². The van der Waals surface area contributed by atoms with Crippen LogP contribution < -0.4 is 10.2 Å². The summed E-state index contributed by atoms with van der Waals surface area (Å²) in [5, 5.41) is 3.87. The molecule has 1 aliphatic rings. The predicted octanol–water partition coefficient (Wildman–Crippen LogP) is 3.11. The summed E-state index contributed by atoms with van der Waals surface area (Å²) in [7, 11) is -3.78. The highest BCUT2D eigenvalue weighted by Gasteiger charge is 2.26. The van der Waals surface area contributed by atoms with Crippen LogP contribution in [-0.4, -0.2) is 43.1 Å². The van der Waals surface area contributed by atoms with Gasteiger partial charge in [0, 0.05) is 43.1 Å². The average Bonchev–Trinajstić information content (AvgIpc) is 3.08. The number of pyridine rings is 1. The molecule has 1 saturated heterocycles. The molecule has 8 heteroatoms. The Hall–Kier alpha value is -2.09. The molecular formula is C19H21ClN4O2S. The van der Waals surface area contributed by atoms with E-state index in [0.29, 0.717) is 22.1 Å². The molecule has 27 heavy (non-hydrogen) atoms. The Kier molecular flexibility index (Phi) is 4.84. The molecule has 0 spiro atoms. The fourth-order valence-corrected chi connectivity index (χ4v) is 5.16. The van der Waals surface area contributed by atoms with Crippen molar-refractivity contribution in [1.82, 2.24) is 14.3 Å². The minimum Gasteiger partial charge on any atom is -0.366 e. The third kappa shape index (κ3) is 3.31. The summed E-state index contributed by atoms with van der Waals surface area (Å²) >= 11 is 6.01. The number of benzene rings is 1. The third-order valence-corrected chi connectivity index (χ3v) is 6.85. The molecule has 0 radical (unpaired) electrons. The highest BCUT2D eigenvalue weighted by molar-refractivity contribution is 7.90. The van der Waals surface area contributed by atoms with Crippen LogP contribution in [0.1, 0.15) is 13.3 Å². The van der Waals surface area contributed by atoms with Crippen molar-refractivity contribution in [3.05, 3.63) is 53.8 Å². The number of aromatic nitrogens is 2. The van der Waals surface area contributed by atoms with E-state index in [2.05, 4.69) is 22.1 Å². The molecular weight excluding hydrogens is 384 g/mol. The van der Waals surface area contributed by atoms with Crippen LogP contribution in [0.5, 0.6) is 0 Å².